The maximum atomic E-state index is 12.8. The Morgan fingerprint density at radius 3 is 2.90 bits per heavy atom. The summed E-state index contributed by atoms with van der Waals surface area (Å²) in [5, 5.41) is 4.49. The molecule has 3 aliphatic rings. The summed E-state index contributed by atoms with van der Waals surface area (Å²) in [5.41, 5.74) is 4.50. The molecule has 2 bridgehead atoms. The van der Waals surface area contributed by atoms with E-state index in [2.05, 4.69) is 21.3 Å². The number of fused-ring (bicyclic) bond motifs is 5. The molecule has 1 aromatic carbocycles. The first-order valence-corrected chi connectivity index (χ1v) is 10.2. The molecule has 6 heterocycles. The van der Waals surface area contributed by atoms with Gasteiger partial charge in [-0.3, -0.25) is 0 Å². The van der Waals surface area contributed by atoms with E-state index in [-0.39, 0.29) is 5.63 Å². The lowest BCUT2D eigenvalue weighted by Gasteiger charge is -2.47. The van der Waals surface area contributed by atoms with Gasteiger partial charge in [0.05, 0.1) is 11.3 Å². The number of hydrogen-bond donors (Lipinski definition) is 1. The number of hydrogen-bond acceptors (Lipinski definition) is 5. The molecule has 6 nitrogen and oxygen atoms in total. The molecule has 146 valence electrons. The lowest BCUT2D eigenvalue weighted by Crippen LogP contribution is -2.61. The average Bonchev–Trinajstić information content (AvgIpc) is 3.16. The van der Waals surface area contributed by atoms with Crippen LogP contribution in [-0.2, 0) is 0 Å². The Kier molecular flexibility index (Phi) is 3.59. The van der Waals surface area contributed by atoms with Gasteiger partial charge >= 0.3 is 5.63 Å². The predicted octanol–water partition coefficient (Wildman–Crippen LogP) is 3.36. The average molecular weight is 386 g/mol. The second-order valence-electron chi connectivity index (χ2n) is 8.25. The van der Waals surface area contributed by atoms with E-state index in [1.54, 1.807) is 0 Å². The summed E-state index contributed by atoms with van der Waals surface area (Å²) >= 11 is 0. The zero-order chi connectivity index (χ0) is 19.5. The van der Waals surface area contributed by atoms with E-state index in [1.165, 1.54) is 12.8 Å². The molecule has 2 atom stereocenters. The van der Waals surface area contributed by atoms with Crippen LogP contribution in [0.3, 0.4) is 0 Å². The highest BCUT2D eigenvalue weighted by atomic mass is 16.4. The smallest absolute Gasteiger partial charge is 0.345 e. The number of pyridine rings is 1. The number of piperazine rings is 1. The molecule has 0 amide bonds. The molecule has 7 rings (SSSR count). The Morgan fingerprint density at radius 1 is 1.17 bits per heavy atom. The van der Waals surface area contributed by atoms with Crippen molar-refractivity contribution in [2.24, 2.45) is 0 Å². The van der Waals surface area contributed by atoms with Crippen LogP contribution in [0.15, 0.2) is 58.0 Å². The molecule has 0 spiro atoms. The van der Waals surface area contributed by atoms with Crippen LogP contribution in [0.4, 0.5) is 5.69 Å². The van der Waals surface area contributed by atoms with Gasteiger partial charge in [-0.15, -0.1) is 0 Å². The molecule has 3 fully saturated rings. The molecule has 0 radical (unpaired) electrons. The van der Waals surface area contributed by atoms with Gasteiger partial charge in [0.15, 0.2) is 0 Å². The molecule has 0 aliphatic carbocycles. The first-order valence-electron chi connectivity index (χ1n) is 10.2. The summed E-state index contributed by atoms with van der Waals surface area (Å²) in [6.45, 7) is 4.07. The fourth-order valence-corrected chi connectivity index (χ4v) is 4.70. The van der Waals surface area contributed by atoms with E-state index in [0.29, 0.717) is 28.9 Å². The van der Waals surface area contributed by atoms with Gasteiger partial charge in [0.1, 0.15) is 11.2 Å². The van der Waals surface area contributed by atoms with Crippen LogP contribution in [-0.4, -0.2) is 34.6 Å². The Labute approximate surface area is 167 Å². The molecular weight excluding hydrogens is 364 g/mol. The third kappa shape index (κ3) is 2.75. The Morgan fingerprint density at radius 2 is 2.10 bits per heavy atom. The van der Waals surface area contributed by atoms with Crippen molar-refractivity contribution in [1.82, 2.24) is 14.7 Å². The number of nitrogens with zero attached hydrogens (tertiary/aromatic N) is 3. The number of nitrogens with one attached hydrogen (secondary N) is 1. The molecule has 1 N–H and O–H groups in total. The summed E-state index contributed by atoms with van der Waals surface area (Å²) in [6.07, 6.45) is 6.29. The molecule has 3 aromatic heterocycles. The Bertz CT molecular complexity index is 1300. The fraction of sp³-hybridized carbons (Fsp3) is 0.304. The maximum absolute atomic E-state index is 12.8. The number of imidazole rings is 1. The third-order valence-electron chi connectivity index (χ3n) is 6.29. The highest BCUT2D eigenvalue weighted by Crippen LogP contribution is 2.31. The van der Waals surface area contributed by atoms with E-state index in [0.717, 1.165) is 35.4 Å². The fourth-order valence-electron chi connectivity index (χ4n) is 4.70. The van der Waals surface area contributed by atoms with Crippen molar-refractivity contribution in [2.75, 3.05) is 18.0 Å². The van der Waals surface area contributed by atoms with Gasteiger partial charge in [-0.05, 0) is 55.7 Å². The number of aryl methyl sites for hydroxylation is 1. The topological polar surface area (TPSA) is 62.8 Å². The molecule has 29 heavy (non-hydrogen) atoms. The highest BCUT2D eigenvalue weighted by Gasteiger charge is 2.33. The summed E-state index contributed by atoms with van der Waals surface area (Å²) in [7, 11) is 0. The van der Waals surface area contributed by atoms with Gasteiger partial charge in [-0.25, -0.2) is 9.78 Å². The SMILES string of the molecule is Cc1ccn2cc(-c3cc4ccc(N5CC6CCC5CN6)cc4oc3=O)nc2c1. The standard InChI is InChI=1S/C23H22N4O2/c1-14-6-7-26-13-20(25-22(26)8-14)19-9-15-2-4-17(10-21(15)29-23(19)28)27-12-16-3-5-18(27)11-24-16/h2,4,6-10,13,16,18,24H,3,5,11-12H2,1H3. The summed E-state index contributed by atoms with van der Waals surface area (Å²) in [4.78, 5) is 19.8. The van der Waals surface area contributed by atoms with Crippen LogP contribution < -0.4 is 15.8 Å². The third-order valence-corrected chi connectivity index (χ3v) is 6.29. The van der Waals surface area contributed by atoms with Gasteiger partial charge in [0.25, 0.3) is 0 Å². The Balaban J connectivity index is 1.41. The van der Waals surface area contributed by atoms with E-state index in [9.17, 15) is 4.79 Å². The van der Waals surface area contributed by atoms with Gasteiger partial charge < -0.3 is 19.0 Å². The van der Waals surface area contributed by atoms with Crippen LogP contribution in [0.25, 0.3) is 27.9 Å². The minimum Gasteiger partial charge on any atom is -0.422 e. The van der Waals surface area contributed by atoms with Crippen LogP contribution in [0.5, 0.6) is 0 Å². The van der Waals surface area contributed by atoms with Crippen LogP contribution in [0.2, 0.25) is 0 Å². The molecule has 4 aromatic rings. The van der Waals surface area contributed by atoms with Crippen molar-refractivity contribution in [3.05, 3.63) is 64.8 Å². The number of rotatable bonds is 2. The molecule has 6 heteroatoms. The summed E-state index contributed by atoms with van der Waals surface area (Å²) in [5.74, 6) is 0. The predicted molar refractivity (Wildman–Crippen MR) is 114 cm³/mol. The van der Waals surface area contributed by atoms with Crippen molar-refractivity contribution in [1.29, 1.82) is 0 Å². The second kappa shape index (κ2) is 6.19. The maximum Gasteiger partial charge on any atom is 0.345 e. The van der Waals surface area contributed by atoms with E-state index in [4.69, 9.17) is 4.42 Å². The van der Waals surface area contributed by atoms with Gasteiger partial charge in [-0.2, -0.15) is 0 Å². The van der Waals surface area contributed by atoms with Crippen molar-refractivity contribution in [2.45, 2.75) is 31.8 Å². The van der Waals surface area contributed by atoms with Gasteiger partial charge in [-0.1, -0.05) is 0 Å². The number of benzene rings is 1. The minimum absolute atomic E-state index is 0.350. The molecular formula is C23H22N4O2. The van der Waals surface area contributed by atoms with Crippen molar-refractivity contribution in [3.63, 3.8) is 0 Å². The van der Waals surface area contributed by atoms with E-state index < -0.39 is 0 Å². The van der Waals surface area contributed by atoms with E-state index in [1.807, 2.05) is 54.0 Å². The first-order chi connectivity index (χ1) is 14.1. The van der Waals surface area contributed by atoms with Crippen LogP contribution in [0, 0.1) is 6.92 Å². The zero-order valence-corrected chi connectivity index (χ0v) is 16.3. The quantitative estimate of drug-likeness (QED) is 0.535. The number of anilines is 1. The molecule has 3 aliphatic heterocycles. The zero-order valence-electron chi connectivity index (χ0n) is 16.3. The monoisotopic (exact) mass is 386 g/mol. The van der Waals surface area contributed by atoms with Crippen molar-refractivity contribution < 1.29 is 4.42 Å². The van der Waals surface area contributed by atoms with Crippen molar-refractivity contribution >= 4 is 22.3 Å². The van der Waals surface area contributed by atoms with Gasteiger partial charge in [0.2, 0.25) is 0 Å². The number of piperidine rings is 2. The second-order valence-corrected chi connectivity index (χ2v) is 8.25. The van der Waals surface area contributed by atoms with Crippen LogP contribution >= 0.6 is 0 Å². The van der Waals surface area contributed by atoms with E-state index >= 15 is 0 Å². The lowest BCUT2D eigenvalue weighted by atomic mass is 9.92. The largest absolute Gasteiger partial charge is 0.422 e. The lowest BCUT2D eigenvalue weighted by molar-refractivity contribution is 0.290. The molecule has 2 unspecified atom stereocenters. The summed E-state index contributed by atoms with van der Waals surface area (Å²) in [6, 6.07) is 13.2. The van der Waals surface area contributed by atoms with Gasteiger partial charge in [0, 0.05) is 54.7 Å². The Hall–Kier alpha value is -3.12. The minimum atomic E-state index is -0.350. The van der Waals surface area contributed by atoms with Crippen LogP contribution in [0.1, 0.15) is 18.4 Å². The molecule has 3 saturated heterocycles. The normalized spacial score (nSPS) is 21.3. The highest BCUT2D eigenvalue weighted by molar-refractivity contribution is 5.84. The number of aromatic nitrogens is 2. The van der Waals surface area contributed by atoms with Crippen molar-refractivity contribution in [3.8, 4) is 11.3 Å². The summed E-state index contributed by atoms with van der Waals surface area (Å²) < 4.78 is 7.66. The first kappa shape index (κ1) is 16.8. The molecule has 0 saturated carbocycles.